The van der Waals surface area contributed by atoms with Gasteiger partial charge in [-0.1, -0.05) is 24.3 Å². The Balaban J connectivity index is 1.21. The zero-order chi connectivity index (χ0) is 22.1. The van der Waals surface area contributed by atoms with Gasteiger partial charge in [0, 0.05) is 50.3 Å². The molecule has 172 valence electrons. The first kappa shape index (κ1) is 21.9. The van der Waals surface area contributed by atoms with Crippen molar-refractivity contribution in [2.75, 3.05) is 52.9 Å². The summed E-state index contributed by atoms with van der Waals surface area (Å²) in [6, 6.07) is 13.7. The van der Waals surface area contributed by atoms with E-state index in [-0.39, 0.29) is 0 Å². The number of rotatable bonds is 6. The molecule has 0 amide bonds. The van der Waals surface area contributed by atoms with Crippen molar-refractivity contribution >= 4 is 17.0 Å². The van der Waals surface area contributed by atoms with Crippen LogP contribution in [0, 0.1) is 5.92 Å². The van der Waals surface area contributed by atoms with Crippen LogP contribution < -0.4 is 11.6 Å². The van der Waals surface area contributed by atoms with Crippen molar-refractivity contribution in [2.45, 2.75) is 25.4 Å². The molecule has 4 aliphatic heterocycles. The first-order valence-corrected chi connectivity index (χ1v) is 12.7. The summed E-state index contributed by atoms with van der Waals surface area (Å²) in [5, 5.41) is 1.87. The Morgan fingerprint density at radius 3 is 2.41 bits per heavy atom. The summed E-state index contributed by atoms with van der Waals surface area (Å²) in [7, 11) is 2.20. The van der Waals surface area contributed by atoms with Crippen molar-refractivity contribution in [1.29, 1.82) is 0 Å². The molecular weight excluding hydrogens is 416 g/mol. The molecule has 1 unspecified atom stereocenters. The molecule has 7 heteroatoms. The molecule has 32 heavy (non-hydrogen) atoms. The Morgan fingerprint density at radius 2 is 1.75 bits per heavy atom. The predicted octanol–water partition coefficient (Wildman–Crippen LogP) is 2.69. The maximum atomic E-state index is 6.46. The minimum absolute atomic E-state index is 0.378. The van der Waals surface area contributed by atoms with Crippen molar-refractivity contribution in [3.8, 4) is 10.4 Å². The fourth-order valence-electron chi connectivity index (χ4n) is 5.28. The normalized spacial score (nSPS) is 27.1. The summed E-state index contributed by atoms with van der Waals surface area (Å²) in [5.74, 6) is 7.13. The topological polar surface area (TPSA) is 65.0 Å². The quantitative estimate of drug-likeness (QED) is 0.519. The maximum Gasteiger partial charge on any atom is 0.0666 e. The second kappa shape index (κ2) is 9.53. The lowest BCUT2D eigenvalue weighted by atomic mass is 9.84. The Bertz CT molecular complexity index is 922. The zero-order valence-electron chi connectivity index (χ0n) is 19.1. The lowest BCUT2D eigenvalue weighted by Crippen LogP contribution is -2.57. The van der Waals surface area contributed by atoms with E-state index in [2.05, 4.69) is 58.1 Å². The first-order valence-electron chi connectivity index (χ1n) is 11.9. The van der Waals surface area contributed by atoms with E-state index < -0.39 is 0 Å². The Labute approximate surface area is 196 Å². The summed E-state index contributed by atoms with van der Waals surface area (Å²) >= 11 is 1.74. The van der Waals surface area contributed by atoms with E-state index in [1.54, 1.807) is 11.3 Å². The molecule has 0 radical (unpaired) electrons. The van der Waals surface area contributed by atoms with Crippen LogP contribution in [-0.2, 0) is 6.54 Å². The number of likely N-dealkylation sites (N-methyl/N-ethyl adjacent to an activating group) is 1. The summed E-state index contributed by atoms with van der Waals surface area (Å²) in [5.41, 5.74) is 9.84. The Morgan fingerprint density at radius 1 is 1.03 bits per heavy atom. The van der Waals surface area contributed by atoms with Crippen LogP contribution >= 0.6 is 11.3 Å². The number of piperazine rings is 1. The number of thiophene rings is 1. The number of hydrogen-bond donors (Lipinski definition) is 2. The molecule has 4 N–H and O–H groups in total. The number of fused-ring (bicyclic) bond motifs is 3. The van der Waals surface area contributed by atoms with Gasteiger partial charge < -0.3 is 20.5 Å². The van der Waals surface area contributed by atoms with Gasteiger partial charge in [-0.05, 0) is 62.2 Å². The van der Waals surface area contributed by atoms with E-state index in [4.69, 9.17) is 11.6 Å². The molecule has 1 aromatic heterocycles. The Kier molecular flexibility index (Phi) is 6.53. The summed E-state index contributed by atoms with van der Waals surface area (Å²) < 4.78 is 0. The highest BCUT2D eigenvalue weighted by molar-refractivity contribution is 7.16. The van der Waals surface area contributed by atoms with Crippen molar-refractivity contribution in [3.63, 3.8) is 0 Å². The SMILES string of the molecule is CN1CCN(Cc2ccc(-c3ccc(/C(N)=C/N(N)C4CN5CCC4CC5)s3)cc2)CC1. The number of nitrogens with zero attached hydrogens (tertiary/aromatic N) is 4. The molecule has 4 aliphatic rings. The molecule has 1 aromatic carbocycles. The van der Waals surface area contributed by atoms with Crippen molar-refractivity contribution < 1.29 is 0 Å². The third-order valence-corrected chi connectivity index (χ3v) is 8.61. The molecule has 0 saturated carbocycles. The second-order valence-corrected chi connectivity index (χ2v) is 10.8. The number of hydrazine groups is 1. The van der Waals surface area contributed by atoms with Crippen molar-refractivity contribution in [3.05, 3.63) is 53.0 Å². The standard InChI is InChI=1S/C25H36N6S/c1-28-12-14-30(15-13-28)16-19-2-4-21(5-3-19)24-6-7-25(32-24)22(26)17-31(27)23-18-29-10-8-20(23)9-11-29/h2-7,17,20,23H,8-16,18,26-27H2,1H3/b22-17-. The van der Waals surface area contributed by atoms with E-state index >= 15 is 0 Å². The number of nitrogens with two attached hydrogens (primary N) is 2. The van der Waals surface area contributed by atoms with Gasteiger partial charge in [0.25, 0.3) is 0 Å². The van der Waals surface area contributed by atoms with Crippen LogP contribution in [0.5, 0.6) is 0 Å². The van der Waals surface area contributed by atoms with Crippen LogP contribution in [0.4, 0.5) is 0 Å². The minimum atomic E-state index is 0.378. The van der Waals surface area contributed by atoms with Crippen molar-refractivity contribution in [2.24, 2.45) is 17.5 Å². The van der Waals surface area contributed by atoms with Gasteiger partial charge in [0.05, 0.1) is 16.6 Å². The van der Waals surface area contributed by atoms with Gasteiger partial charge in [-0.15, -0.1) is 11.3 Å². The summed E-state index contributed by atoms with van der Waals surface area (Å²) in [4.78, 5) is 9.78. The van der Waals surface area contributed by atoms with Gasteiger partial charge in [0.2, 0.25) is 0 Å². The van der Waals surface area contributed by atoms with Crippen LogP contribution in [0.15, 0.2) is 42.6 Å². The first-order chi connectivity index (χ1) is 15.5. The molecule has 5 heterocycles. The van der Waals surface area contributed by atoms with E-state index in [9.17, 15) is 0 Å². The lowest BCUT2D eigenvalue weighted by molar-refractivity contribution is 0.0256. The molecule has 2 bridgehead atoms. The van der Waals surface area contributed by atoms with Gasteiger partial charge in [-0.2, -0.15) is 0 Å². The molecule has 1 atom stereocenters. The third kappa shape index (κ3) is 4.87. The summed E-state index contributed by atoms with van der Waals surface area (Å²) in [6.07, 6.45) is 4.45. The summed E-state index contributed by atoms with van der Waals surface area (Å²) in [6.45, 7) is 9.14. The third-order valence-electron chi connectivity index (χ3n) is 7.42. The van der Waals surface area contributed by atoms with Crippen LogP contribution in [0.2, 0.25) is 0 Å². The number of piperidine rings is 3. The van der Waals surface area contributed by atoms with Crippen LogP contribution in [0.3, 0.4) is 0 Å². The molecule has 4 saturated heterocycles. The maximum absolute atomic E-state index is 6.46. The fourth-order valence-corrected chi connectivity index (χ4v) is 6.21. The average Bonchev–Trinajstić information content (AvgIpc) is 3.32. The highest BCUT2D eigenvalue weighted by Crippen LogP contribution is 2.33. The Hall–Kier alpha value is -1.90. The molecule has 6 nitrogen and oxygen atoms in total. The van der Waals surface area contributed by atoms with E-state index in [0.29, 0.717) is 12.0 Å². The zero-order valence-corrected chi connectivity index (χ0v) is 19.9. The van der Waals surface area contributed by atoms with Crippen LogP contribution in [0.1, 0.15) is 23.3 Å². The predicted molar refractivity (Wildman–Crippen MR) is 134 cm³/mol. The van der Waals surface area contributed by atoms with Crippen LogP contribution in [0.25, 0.3) is 16.1 Å². The van der Waals surface area contributed by atoms with E-state index in [1.165, 1.54) is 41.9 Å². The average molecular weight is 453 g/mol. The van der Waals surface area contributed by atoms with Gasteiger partial charge in [0.15, 0.2) is 0 Å². The molecule has 2 aromatic rings. The lowest BCUT2D eigenvalue weighted by Gasteiger charge is -2.47. The highest BCUT2D eigenvalue weighted by atomic mass is 32.1. The van der Waals surface area contributed by atoms with Crippen LogP contribution in [-0.4, -0.2) is 78.6 Å². The van der Waals surface area contributed by atoms with Gasteiger partial charge in [-0.25, -0.2) is 5.84 Å². The molecular formula is C25H36N6S. The molecule has 0 spiro atoms. The van der Waals surface area contributed by atoms with Gasteiger partial charge >= 0.3 is 0 Å². The number of benzene rings is 1. The fraction of sp³-hybridized carbons (Fsp3) is 0.520. The monoisotopic (exact) mass is 452 g/mol. The number of hydrogen-bond acceptors (Lipinski definition) is 7. The highest BCUT2D eigenvalue weighted by Gasteiger charge is 2.36. The molecule has 0 aliphatic carbocycles. The van der Waals surface area contributed by atoms with Gasteiger partial charge in [0.1, 0.15) is 0 Å². The second-order valence-electron chi connectivity index (χ2n) is 9.68. The largest absolute Gasteiger partial charge is 0.396 e. The van der Waals surface area contributed by atoms with E-state index in [1.807, 2.05) is 11.2 Å². The molecule has 6 rings (SSSR count). The van der Waals surface area contributed by atoms with Crippen molar-refractivity contribution in [1.82, 2.24) is 19.7 Å². The molecule has 4 fully saturated rings. The minimum Gasteiger partial charge on any atom is -0.396 e. The smallest absolute Gasteiger partial charge is 0.0666 e. The van der Waals surface area contributed by atoms with E-state index in [0.717, 1.165) is 49.8 Å². The van der Waals surface area contributed by atoms with Gasteiger partial charge in [-0.3, -0.25) is 4.90 Å².